The first kappa shape index (κ1) is 26.8. The molecule has 1 aliphatic rings. The number of fused-ring (bicyclic) bond motifs is 4. The zero-order valence-electron chi connectivity index (χ0n) is 21.8. The van der Waals surface area contributed by atoms with E-state index in [9.17, 15) is 14.4 Å². The second-order valence-electron chi connectivity index (χ2n) is 9.66. The number of amides is 3. The van der Waals surface area contributed by atoms with Crippen LogP contribution in [0.3, 0.4) is 0 Å². The number of nitrogens with zero attached hydrogens (tertiary/aromatic N) is 4. The molecule has 1 aliphatic heterocycles. The van der Waals surface area contributed by atoms with Crippen molar-refractivity contribution in [2.75, 3.05) is 26.2 Å². The van der Waals surface area contributed by atoms with Crippen molar-refractivity contribution < 1.29 is 19.1 Å². The van der Waals surface area contributed by atoms with Crippen LogP contribution in [0, 0.1) is 5.92 Å². The van der Waals surface area contributed by atoms with Gasteiger partial charge in [0, 0.05) is 43.8 Å². The van der Waals surface area contributed by atoms with E-state index in [2.05, 4.69) is 20.6 Å². The van der Waals surface area contributed by atoms with Crippen LogP contribution in [0.25, 0.3) is 11.4 Å². The lowest BCUT2D eigenvalue weighted by atomic mass is 10.0. The highest BCUT2D eigenvalue weighted by atomic mass is 16.5. The molecule has 2 bridgehead atoms. The van der Waals surface area contributed by atoms with E-state index in [0.29, 0.717) is 38.3 Å². The van der Waals surface area contributed by atoms with Gasteiger partial charge in [-0.05, 0) is 43.0 Å². The summed E-state index contributed by atoms with van der Waals surface area (Å²) in [6, 6.07) is 12.0. The minimum absolute atomic E-state index is 0.180. The first-order chi connectivity index (χ1) is 18.4. The standard InChI is InChI=1S/C28H34N6O4/c1-20(2)17-24-27(36)31-12-15-33-14-11-30-26(33)21-7-5-8-22(18-21)38-16-6-13-34(19-25(35)32-24)28(37)23-9-3-4-10-29-23/h3-5,7-11,14,18,20,24H,6,12-13,15-17,19H2,1-2H3,(H,31,36)(H,32,35)/t24-/m1/s1. The molecule has 3 heterocycles. The van der Waals surface area contributed by atoms with Gasteiger partial charge in [-0.2, -0.15) is 0 Å². The normalized spacial score (nSPS) is 17.4. The number of hydrogen-bond acceptors (Lipinski definition) is 6. The van der Waals surface area contributed by atoms with E-state index in [1.165, 1.54) is 4.90 Å². The average Bonchev–Trinajstić information content (AvgIpc) is 3.38. The summed E-state index contributed by atoms with van der Waals surface area (Å²) in [4.78, 5) is 49.4. The number of hydrogen-bond donors (Lipinski definition) is 2. The number of benzene rings is 1. The Labute approximate surface area is 222 Å². The van der Waals surface area contributed by atoms with Crippen LogP contribution in [0.15, 0.2) is 61.1 Å². The second-order valence-corrected chi connectivity index (χ2v) is 9.66. The molecule has 2 N–H and O–H groups in total. The molecule has 0 saturated heterocycles. The number of aromatic nitrogens is 3. The van der Waals surface area contributed by atoms with Crippen LogP contribution in [-0.4, -0.2) is 69.4 Å². The second kappa shape index (κ2) is 12.8. The lowest BCUT2D eigenvalue weighted by molar-refractivity contribution is -0.129. The summed E-state index contributed by atoms with van der Waals surface area (Å²) in [5.41, 5.74) is 1.15. The summed E-state index contributed by atoms with van der Waals surface area (Å²) in [6.45, 7) is 5.32. The van der Waals surface area contributed by atoms with Crippen LogP contribution < -0.4 is 15.4 Å². The van der Waals surface area contributed by atoms with Gasteiger partial charge in [0.25, 0.3) is 5.91 Å². The molecular weight excluding hydrogens is 484 g/mol. The number of rotatable bonds is 3. The van der Waals surface area contributed by atoms with E-state index < -0.39 is 11.9 Å². The molecule has 0 fully saturated rings. The van der Waals surface area contributed by atoms with Crippen molar-refractivity contribution in [3.05, 3.63) is 66.7 Å². The Balaban J connectivity index is 1.58. The molecule has 0 saturated carbocycles. The minimum Gasteiger partial charge on any atom is -0.494 e. The number of carbonyl (C=O) groups is 3. The predicted molar refractivity (Wildman–Crippen MR) is 142 cm³/mol. The highest BCUT2D eigenvalue weighted by Crippen LogP contribution is 2.23. The van der Waals surface area contributed by atoms with Gasteiger partial charge in [0.05, 0.1) is 13.2 Å². The third-order valence-corrected chi connectivity index (χ3v) is 6.17. The molecule has 2 aromatic heterocycles. The van der Waals surface area contributed by atoms with E-state index in [1.807, 2.05) is 48.9 Å². The summed E-state index contributed by atoms with van der Waals surface area (Å²) in [7, 11) is 0. The van der Waals surface area contributed by atoms with Gasteiger partial charge in [-0.15, -0.1) is 0 Å². The summed E-state index contributed by atoms with van der Waals surface area (Å²) < 4.78 is 7.94. The van der Waals surface area contributed by atoms with Crippen LogP contribution in [-0.2, 0) is 16.1 Å². The first-order valence-corrected chi connectivity index (χ1v) is 12.9. The van der Waals surface area contributed by atoms with Crippen LogP contribution >= 0.6 is 0 Å². The Bertz CT molecular complexity index is 1240. The quantitative estimate of drug-likeness (QED) is 0.550. The fourth-order valence-electron chi connectivity index (χ4n) is 4.36. The SMILES string of the molecule is CC(C)C[C@H]1NC(=O)CN(C(=O)c2ccccn2)CCCOc2cccc(c2)-c2nccn2CCNC1=O. The minimum atomic E-state index is -0.713. The molecule has 4 rings (SSSR count). The smallest absolute Gasteiger partial charge is 0.272 e. The monoisotopic (exact) mass is 518 g/mol. The molecular formula is C28H34N6O4. The number of ether oxygens (including phenoxy) is 1. The average molecular weight is 519 g/mol. The summed E-state index contributed by atoms with van der Waals surface area (Å²) in [6.07, 6.45) is 6.11. The maximum absolute atomic E-state index is 13.2. The fraction of sp³-hybridized carbons (Fsp3) is 0.393. The number of nitrogens with one attached hydrogen (secondary N) is 2. The van der Waals surface area contributed by atoms with Crippen LogP contribution in [0.2, 0.25) is 0 Å². The Hall–Kier alpha value is -4.21. The van der Waals surface area contributed by atoms with Crippen molar-refractivity contribution in [1.29, 1.82) is 0 Å². The maximum atomic E-state index is 13.2. The Morgan fingerprint density at radius 2 is 1.97 bits per heavy atom. The van der Waals surface area contributed by atoms with Crippen molar-refractivity contribution in [3.63, 3.8) is 0 Å². The lowest BCUT2D eigenvalue weighted by Gasteiger charge is -2.25. The van der Waals surface area contributed by atoms with Gasteiger partial charge in [-0.25, -0.2) is 4.98 Å². The van der Waals surface area contributed by atoms with Crippen molar-refractivity contribution in [2.45, 2.75) is 39.3 Å². The fourth-order valence-corrected chi connectivity index (χ4v) is 4.36. The third-order valence-electron chi connectivity index (χ3n) is 6.17. The van der Waals surface area contributed by atoms with Crippen molar-refractivity contribution >= 4 is 17.7 Å². The molecule has 38 heavy (non-hydrogen) atoms. The largest absolute Gasteiger partial charge is 0.494 e. The molecule has 1 atom stereocenters. The van der Waals surface area contributed by atoms with E-state index in [4.69, 9.17) is 4.74 Å². The van der Waals surface area contributed by atoms with Gasteiger partial charge in [-0.1, -0.05) is 32.0 Å². The molecule has 3 aromatic rings. The lowest BCUT2D eigenvalue weighted by Crippen LogP contribution is -2.51. The highest BCUT2D eigenvalue weighted by molar-refractivity contribution is 5.95. The van der Waals surface area contributed by atoms with E-state index in [0.717, 1.165) is 11.4 Å². The molecule has 0 aliphatic carbocycles. The summed E-state index contributed by atoms with van der Waals surface area (Å²) in [5, 5.41) is 5.78. The van der Waals surface area contributed by atoms with E-state index in [1.54, 1.807) is 30.6 Å². The van der Waals surface area contributed by atoms with Gasteiger partial charge < -0.3 is 24.8 Å². The molecule has 3 amide bonds. The molecule has 0 spiro atoms. The Kier molecular flexibility index (Phi) is 9.07. The van der Waals surface area contributed by atoms with Crippen LogP contribution in [0.1, 0.15) is 37.2 Å². The topological polar surface area (TPSA) is 118 Å². The number of carbonyl (C=O) groups excluding carboxylic acids is 3. The van der Waals surface area contributed by atoms with Gasteiger partial charge >= 0.3 is 0 Å². The molecule has 10 nitrogen and oxygen atoms in total. The maximum Gasteiger partial charge on any atom is 0.272 e. The van der Waals surface area contributed by atoms with Crippen LogP contribution in [0.4, 0.5) is 0 Å². The first-order valence-electron chi connectivity index (χ1n) is 12.9. The van der Waals surface area contributed by atoms with Gasteiger partial charge in [0.1, 0.15) is 23.3 Å². The highest BCUT2D eigenvalue weighted by Gasteiger charge is 2.25. The van der Waals surface area contributed by atoms with Gasteiger partial charge in [0.2, 0.25) is 11.8 Å². The van der Waals surface area contributed by atoms with Crippen molar-refractivity contribution in [2.24, 2.45) is 5.92 Å². The zero-order chi connectivity index (χ0) is 26.9. The van der Waals surface area contributed by atoms with E-state index in [-0.39, 0.29) is 36.5 Å². The zero-order valence-corrected chi connectivity index (χ0v) is 21.8. The third kappa shape index (κ3) is 7.18. The van der Waals surface area contributed by atoms with Crippen LogP contribution in [0.5, 0.6) is 5.75 Å². The number of pyridine rings is 1. The molecule has 0 unspecified atom stereocenters. The number of imidazole rings is 1. The Morgan fingerprint density at radius 3 is 2.76 bits per heavy atom. The molecule has 200 valence electrons. The molecule has 10 heteroatoms. The summed E-state index contributed by atoms with van der Waals surface area (Å²) in [5.74, 6) is 0.622. The predicted octanol–water partition coefficient (Wildman–Crippen LogP) is 2.52. The summed E-state index contributed by atoms with van der Waals surface area (Å²) >= 11 is 0. The van der Waals surface area contributed by atoms with Crippen molar-refractivity contribution in [3.8, 4) is 17.1 Å². The molecule has 0 radical (unpaired) electrons. The van der Waals surface area contributed by atoms with Gasteiger partial charge in [0.15, 0.2) is 0 Å². The Morgan fingerprint density at radius 1 is 1.11 bits per heavy atom. The van der Waals surface area contributed by atoms with Crippen molar-refractivity contribution in [1.82, 2.24) is 30.1 Å². The van der Waals surface area contributed by atoms with Gasteiger partial charge in [-0.3, -0.25) is 19.4 Å². The van der Waals surface area contributed by atoms with E-state index >= 15 is 0 Å². The molecule has 1 aromatic carbocycles.